The molecule has 0 radical (unpaired) electrons. The number of rotatable bonds is 3. The van der Waals surface area contributed by atoms with Crippen molar-refractivity contribution in [3.05, 3.63) is 35.4 Å². The largest absolute Gasteiger partial charge is 0.469 e. The van der Waals surface area contributed by atoms with Gasteiger partial charge in [-0.05, 0) is 25.3 Å². The van der Waals surface area contributed by atoms with Gasteiger partial charge in [-0.1, -0.05) is 41.7 Å². The van der Waals surface area contributed by atoms with E-state index in [0.717, 1.165) is 12.8 Å². The molecule has 2 fully saturated rings. The first kappa shape index (κ1) is 16.0. The van der Waals surface area contributed by atoms with Gasteiger partial charge in [0.05, 0.1) is 19.6 Å². The molecule has 2 aliphatic heterocycles. The van der Waals surface area contributed by atoms with Gasteiger partial charge >= 0.3 is 5.97 Å². The number of carbonyl (C=O) groups is 1. The molecule has 0 amide bonds. The number of fused-ring (bicyclic) bond motifs is 2. The van der Waals surface area contributed by atoms with Crippen LogP contribution in [0.15, 0.2) is 24.3 Å². The van der Waals surface area contributed by atoms with Gasteiger partial charge in [0.1, 0.15) is 6.67 Å². The van der Waals surface area contributed by atoms with Crippen molar-refractivity contribution in [3.63, 3.8) is 0 Å². The average molecular weight is 314 g/mol. The van der Waals surface area contributed by atoms with Crippen LogP contribution in [0.5, 0.6) is 0 Å². The minimum absolute atomic E-state index is 0.133. The van der Waals surface area contributed by atoms with Gasteiger partial charge < -0.3 is 4.74 Å². The number of nitrogens with zero attached hydrogens (tertiary/aromatic N) is 1. The van der Waals surface area contributed by atoms with Crippen LogP contribution in [-0.2, 0) is 9.53 Å². The van der Waals surface area contributed by atoms with Crippen LogP contribution in [0, 0.1) is 24.7 Å². The van der Waals surface area contributed by atoms with Crippen LogP contribution < -0.4 is 0 Å². The molecule has 2 aliphatic rings. The molecule has 2 bridgehead atoms. The molecule has 0 aromatic heterocycles. The molecular formula is C19H22FNO2. The van der Waals surface area contributed by atoms with Crippen LogP contribution in [-0.4, -0.2) is 43.3 Å². The molecule has 1 aromatic carbocycles. The number of hydrogen-bond donors (Lipinski definition) is 0. The van der Waals surface area contributed by atoms with E-state index in [4.69, 9.17) is 4.74 Å². The molecule has 2 saturated heterocycles. The number of halogens is 1. The van der Waals surface area contributed by atoms with Gasteiger partial charge in [0.2, 0.25) is 0 Å². The fourth-order valence-corrected chi connectivity index (χ4v) is 4.26. The van der Waals surface area contributed by atoms with Crippen LogP contribution in [0.2, 0.25) is 0 Å². The minimum Gasteiger partial charge on any atom is -0.469 e. The van der Waals surface area contributed by atoms with E-state index >= 15 is 0 Å². The van der Waals surface area contributed by atoms with Crippen LogP contribution in [0.4, 0.5) is 4.39 Å². The van der Waals surface area contributed by atoms with Gasteiger partial charge in [0, 0.05) is 18.0 Å². The fourth-order valence-electron chi connectivity index (χ4n) is 4.26. The maximum atomic E-state index is 12.4. The van der Waals surface area contributed by atoms with Gasteiger partial charge in [-0.25, -0.2) is 4.39 Å². The third-order valence-electron chi connectivity index (χ3n) is 5.22. The molecule has 0 N–H and O–H groups in total. The lowest BCUT2D eigenvalue weighted by atomic mass is 9.75. The average Bonchev–Trinajstić information content (AvgIpc) is 3.10. The number of alkyl halides is 1. The standard InChI is InChI=1S/C19H22FNO2/c1-13-5-7-14(8-6-13)17-15-9-10-16(18(17)19(22)23-2)21(15)12-4-3-11-20/h5-8,15-18H,9-12H2,1-2H3/i2-1. The second-order valence-corrected chi connectivity index (χ2v) is 6.36. The highest BCUT2D eigenvalue weighted by molar-refractivity contribution is 5.76. The van der Waals surface area contributed by atoms with E-state index < -0.39 is 6.67 Å². The Labute approximate surface area is 136 Å². The first-order chi connectivity index (χ1) is 11.2. The highest BCUT2D eigenvalue weighted by Gasteiger charge is 2.56. The number of hydrogen-bond acceptors (Lipinski definition) is 3. The fraction of sp³-hybridized carbons (Fsp3) is 0.526. The highest BCUT2D eigenvalue weighted by atomic mass is 19.1. The summed E-state index contributed by atoms with van der Waals surface area (Å²) in [5, 5.41) is 0. The summed E-state index contributed by atoms with van der Waals surface area (Å²) >= 11 is 0. The lowest BCUT2D eigenvalue weighted by Gasteiger charge is -2.27. The van der Waals surface area contributed by atoms with E-state index in [1.807, 2.05) is 0 Å². The highest BCUT2D eigenvalue weighted by Crippen LogP contribution is 2.50. The molecular weight excluding hydrogens is 292 g/mol. The predicted octanol–water partition coefficient (Wildman–Crippen LogP) is 2.69. The second-order valence-electron chi connectivity index (χ2n) is 6.36. The van der Waals surface area contributed by atoms with Crippen molar-refractivity contribution >= 4 is 5.97 Å². The van der Waals surface area contributed by atoms with Crippen LogP contribution >= 0.6 is 0 Å². The Balaban J connectivity index is 1.92. The summed E-state index contributed by atoms with van der Waals surface area (Å²) in [5.74, 6) is 5.20. The van der Waals surface area contributed by atoms with Crippen LogP contribution in [0.3, 0.4) is 0 Å². The summed E-state index contributed by atoms with van der Waals surface area (Å²) in [6.07, 6.45) is 2.03. The molecule has 0 aliphatic carbocycles. The topological polar surface area (TPSA) is 29.5 Å². The van der Waals surface area contributed by atoms with E-state index in [0.29, 0.717) is 6.54 Å². The molecule has 3 rings (SSSR count). The van der Waals surface area contributed by atoms with E-state index in [2.05, 4.69) is 47.9 Å². The Kier molecular flexibility index (Phi) is 4.68. The Hall–Kier alpha value is -1.86. The summed E-state index contributed by atoms with van der Waals surface area (Å²) in [7, 11) is 1.45. The van der Waals surface area contributed by atoms with Gasteiger partial charge in [-0.15, -0.1) is 0 Å². The second kappa shape index (κ2) is 6.72. The molecule has 4 heteroatoms. The molecule has 0 saturated carbocycles. The van der Waals surface area contributed by atoms with Gasteiger partial charge in [-0.3, -0.25) is 9.69 Å². The molecule has 4 atom stereocenters. The van der Waals surface area contributed by atoms with E-state index in [1.54, 1.807) is 0 Å². The van der Waals surface area contributed by atoms with Crippen molar-refractivity contribution in [3.8, 4) is 11.8 Å². The molecule has 1 aromatic rings. The van der Waals surface area contributed by atoms with E-state index in [1.165, 1.54) is 18.2 Å². The monoisotopic (exact) mass is 314 g/mol. The van der Waals surface area contributed by atoms with Crippen LogP contribution in [0.1, 0.15) is 29.9 Å². The summed E-state index contributed by atoms with van der Waals surface area (Å²) in [5.41, 5.74) is 2.39. The SMILES string of the molecule is Cc1ccc(C2C(C(=O)O[11CH3])C3CCC2N3CC#CCF)cc1. The smallest absolute Gasteiger partial charge is 0.310 e. The summed E-state index contributed by atoms with van der Waals surface area (Å²) in [4.78, 5) is 14.7. The van der Waals surface area contributed by atoms with E-state index in [9.17, 15) is 9.18 Å². The van der Waals surface area contributed by atoms with Crippen molar-refractivity contribution in [2.45, 2.75) is 37.8 Å². The molecule has 122 valence electrons. The number of benzene rings is 1. The van der Waals surface area contributed by atoms with Crippen molar-refractivity contribution in [1.29, 1.82) is 0 Å². The number of ether oxygens (including phenoxy) is 1. The van der Waals surface area contributed by atoms with Gasteiger partial charge in [0.15, 0.2) is 0 Å². The lowest BCUT2D eigenvalue weighted by molar-refractivity contribution is -0.147. The summed E-state index contributed by atoms with van der Waals surface area (Å²) in [6, 6.07) is 8.82. The molecule has 23 heavy (non-hydrogen) atoms. The zero-order valence-electron chi connectivity index (χ0n) is 13.6. The first-order valence-electron chi connectivity index (χ1n) is 8.09. The quantitative estimate of drug-likeness (QED) is 0.634. The summed E-state index contributed by atoms with van der Waals surface area (Å²) in [6.45, 7) is 1.96. The summed E-state index contributed by atoms with van der Waals surface area (Å²) < 4.78 is 17.3. The Morgan fingerprint density at radius 1 is 1.26 bits per heavy atom. The van der Waals surface area contributed by atoms with Crippen molar-refractivity contribution in [2.24, 2.45) is 5.92 Å². The number of carbonyl (C=O) groups excluding carboxylic acids is 1. The normalized spacial score (nSPS) is 29.2. The molecule has 4 unspecified atom stereocenters. The zero-order valence-corrected chi connectivity index (χ0v) is 13.6. The van der Waals surface area contributed by atoms with Crippen molar-refractivity contribution < 1.29 is 13.9 Å². The Morgan fingerprint density at radius 2 is 1.96 bits per heavy atom. The number of methoxy groups -OCH3 is 1. The third kappa shape index (κ3) is 2.86. The molecule has 2 heterocycles. The maximum Gasteiger partial charge on any atom is 0.310 e. The minimum atomic E-state index is -0.620. The first-order valence-corrected chi connectivity index (χ1v) is 8.09. The lowest BCUT2D eigenvalue weighted by Crippen LogP contribution is -2.34. The van der Waals surface area contributed by atoms with Gasteiger partial charge in [-0.2, -0.15) is 0 Å². The van der Waals surface area contributed by atoms with Crippen molar-refractivity contribution in [1.82, 2.24) is 4.90 Å². The van der Waals surface area contributed by atoms with Gasteiger partial charge in [0.25, 0.3) is 0 Å². The maximum absolute atomic E-state index is 12.4. The Bertz CT molecular complexity index is 631. The third-order valence-corrected chi connectivity index (χ3v) is 5.22. The zero-order chi connectivity index (χ0) is 16.4. The molecule has 0 spiro atoms. The Morgan fingerprint density at radius 3 is 2.61 bits per heavy atom. The predicted molar refractivity (Wildman–Crippen MR) is 86.7 cm³/mol. The molecule has 3 nitrogen and oxygen atoms in total. The van der Waals surface area contributed by atoms with E-state index in [-0.39, 0.29) is 29.9 Å². The van der Waals surface area contributed by atoms with Crippen LogP contribution in [0.25, 0.3) is 0 Å². The number of aryl methyl sites for hydroxylation is 1. The number of esters is 1. The van der Waals surface area contributed by atoms with Crippen molar-refractivity contribution in [2.75, 3.05) is 20.3 Å².